The van der Waals surface area contributed by atoms with E-state index >= 15 is 0 Å². The van der Waals surface area contributed by atoms with E-state index in [1.165, 1.54) is 42.1 Å². The summed E-state index contributed by atoms with van der Waals surface area (Å²) in [5.74, 6) is -0.501. The molecule has 0 saturated carbocycles. The Labute approximate surface area is 121 Å². The second-order valence-corrected chi connectivity index (χ2v) is 5.38. The summed E-state index contributed by atoms with van der Waals surface area (Å²) in [6.07, 6.45) is 5.11. The van der Waals surface area contributed by atoms with Gasteiger partial charge in [-0.2, -0.15) is 0 Å². The number of benzene rings is 1. The zero-order valence-electron chi connectivity index (χ0n) is 11.3. The van der Waals surface area contributed by atoms with Crippen LogP contribution in [0.4, 0.5) is 4.39 Å². The molecule has 3 nitrogen and oxygen atoms in total. The maximum Gasteiger partial charge on any atom is 0.186 e. The van der Waals surface area contributed by atoms with Gasteiger partial charge in [0.05, 0.1) is 0 Å². The van der Waals surface area contributed by atoms with Gasteiger partial charge in [0, 0.05) is 24.0 Å². The lowest BCUT2D eigenvalue weighted by Gasteiger charge is -2.08. The monoisotopic (exact) mass is 290 g/mol. The highest BCUT2D eigenvalue weighted by Crippen LogP contribution is 2.20. The predicted molar refractivity (Wildman–Crippen MR) is 78.3 cm³/mol. The van der Waals surface area contributed by atoms with Gasteiger partial charge in [0.2, 0.25) is 0 Å². The Morgan fingerprint density at radius 1 is 1.35 bits per heavy atom. The summed E-state index contributed by atoms with van der Waals surface area (Å²) in [6, 6.07) is 5.82. The molecule has 0 spiro atoms. The Kier molecular flexibility index (Phi) is 4.74. The minimum atomic E-state index is -0.348. The zero-order chi connectivity index (χ0) is 14.5. The molecule has 0 atom stereocenters. The summed E-state index contributed by atoms with van der Waals surface area (Å²) < 4.78 is 14.8. The third-order valence-corrected chi connectivity index (χ3v) is 3.51. The van der Waals surface area contributed by atoms with Crippen LogP contribution in [0.3, 0.4) is 0 Å². The first-order valence-electron chi connectivity index (χ1n) is 6.24. The molecule has 0 saturated heterocycles. The number of carbonyl (C=O) groups is 1. The van der Waals surface area contributed by atoms with Crippen LogP contribution in [0.5, 0.6) is 0 Å². The molecule has 0 aliphatic heterocycles. The largest absolute Gasteiger partial charge is 0.323 e. The maximum atomic E-state index is 12.8. The van der Waals surface area contributed by atoms with Gasteiger partial charge in [-0.25, -0.2) is 9.37 Å². The first-order valence-corrected chi connectivity index (χ1v) is 7.12. The number of thioether (sulfide) groups is 1. The second kappa shape index (κ2) is 6.52. The third-order valence-electron chi connectivity index (χ3n) is 2.71. The smallest absolute Gasteiger partial charge is 0.186 e. The van der Waals surface area contributed by atoms with E-state index in [-0.39, 0.29) is 11.6 Å². The van der Waals surface area contributed by atoms with Crippen LogP contribution < -0.4 is 0 Å². The molecule has 0 radical (unpaired) electrons. The highest BCUT2D eigenvalue weighted by Gasteiger charge is 2.05. The molecule has 20 heavy (non-hydrogen) atoms. The minimum absolute atomic E-state index is 0.153. The first kappa shape index (κ1) is 14.5. The van der Waals surface area contributed by atoms with E-state index in [4.69, 9.17) is 0 Å². The van der Waals surface area contributed by atoms with Gasteiger partial charge in [0.25, 0.3) is 0 Å². The van der Waals surface area contributed by atoms with Crippen LogP contribution in [-0.4, -0.2) is 15.3 Å². The highest BCUT2D eigenvalue weighted by atomic mass is 32.2. The summed E-state index contributed by atoms with van der Waals surface area (Å²) in [5, 5.41) is 2.54. The number of hydrogen-bond acceptors (Lipinski definition) is 3. The average molecular weight is 290 g/mol. The number of aromatic nitrogens is 2. The Morgan fingerprint density at radius 2 is 2.05 bits per heavy atom. The predicted octanol–water partition coefficient (Wildman–Crippen LogP) is 4.09. The number of halogens is 1. The van der Waals surface area contributed by atoms with E-state index in [0.29, 0.717) is 11.6 Å². The van der Waals surface area contributed by atoms with E-state index in [0.717, 1.165) is 5.16 Å². The lowest BCUT2D eigenvalue weighted by Crippen LogP contribution is -2.00. The van der Waals surface area contributed by atoms with Gasteiger partial charge in [-0.05, 0) is 49.6 Å². The number of nitrogens with zero attached hydrogens (tertiary/aromatic N) is 2. The van der Waals surface area contributed by atoms with Crippen molar-refractivity contribution in [2.45, 2.75) is 25.0 Å². The third kappa shape index (κ3) is 3.57. The van der Waals surface area contributed by atoms with Crippen LogP contribution in [0.1, 0.15) is 30.2 Å². The SMILES string of the molecule is CC(C)n1ccnc1S/C=C/C(=O)c1ccc(F)cc1. The van der Waals surface area contributed by atoms with Gasteiger partial charge in [-0.3, -0.25) is 4.79 Å². The Balaban J connectivity index is 2.01. The summed E-state index contributed by atoms with van der Waals surface area (Å²) in [7, 11) is 0. The Bertz CT molecular complexity index is 617. The molecule has 1 heterocycles. The zero-order valence-corrected chi connectivity index (χ0v) is 12.1. The lowest BCUT2D eigenvalue weighted by molar-refractivity contribution is 0.104. The number of carbonyl (C=O) groups excluding carboxylic acids is 1. The molecule has 0 bridgehead atoms. The topological polar surface area (TPSA) is 34.9 Å². The Hall–Kier alpha value is -1.88. The molecule has 0 aliphatic rings. The average Bonchev–Trinajstić information content (AvgIpc) is 2.88. The summed E-state index contributed by atoms with van der Waals surface area (Å²) in [6.45, 7) is 4.14. The van der Waals surface area contributed by atoms with Gasteiger partial charge < -0.3 is 4.57 Å². The molecule has 5 heteroatoms. The molecule has 1 aromatic heterocycles. The van der Waals surface area contributed by atoms with Crippen molar-refractivity contribution < 1.29 is 9.18 Å². The molecular weight excluding hydrogens is 275 g/mol. The highest BCUT2D eigenvalue weighted by molar-refractivity contribution is 8.02. The number of rotatable bonds is 5. The van der Waals surface area contributed by atoms with Crippen LogP contribution in [-0.2, 0) is 0 Å². The van der Waals surface area contributed by atoms with Crippen molar-refractivity contribution in [2.75, 3.05) is 0 Å². The van der Waals surface area contributed by atoms with Crippen molar-refractivity contribution in [3.05, 3.63) is 59.5 Å². The molecular formula is C15H15FN2OS. The Morgan fingerprint density at radius 3 is 2.70 bits per heavy atom. The van der Waals surface area contributed by atoms with Crippen molar-refractivity contribution in [2.24, 2.45) is 0 Å². The molecule has 0 fully saturated rings. The van der Waals surface area contributed by atoms with Crippen molar-refractivity contribution >= 4 is 17.5 Å². The minimum Gasteiger partial charge on any atom is -0.323 e. The van der Waals surface area contributed by atoms with Crippen LogP contribution in [0.2, 0.25) is 0 Å². The van der Waals surface area contributed by atoms with E-state index in [2.05, 4.69) is 18.8 Å². The molecule has 0 unspecified atom stereocenters. The van der Waals surface area contributed by atoms with Crippen molar-refractivity contribution in [3.8, 4) is 0 Å². The molecule has 0 N–H and O–H groups in total. The maximum absolute atomic E-state index is 12.8. The quantitative estimate of drug-likeness (QED) is 0.472. The molecule has 0 amide bonds. The first-order chi connectivity index (χ1) is 9.58. The number of allylic oxidation sites excluding steroid dienone is 1. The van der Waals surface area contributed by atoms with Crippen molar-refractivity contribution in [3.63, 3.8) is 0 Å². The van der Waals surface area contributed by atoms with Crippen molar-refractivity contribution in [1.29, 1.82) is 0 Å². The molecule has 0 aliphatic carbocycles. The van der Waals surface area contributed by atoms with Crippen LogP contribution in [0.15, 0.2) is 53.3 Å². The normalized spacial score (nSPS) is 11.4. The second-order valence-electron chi connectivity index (χ2n) is 4.50. The molecule has 2 aromatic rings. The van der Waals surface area contributed by atoms with E-state index in [9.17, 15) is 9.18 Å². The standard InChI is InChI=1S/C15H15FN2OS/c1-11(2)18-9-8-17-15(18)20-10-7-14(19)12-3-5-13(16)6-4-12/h3-11H,1-2H3/b10-7+. The fourth-order valence-electron chi connectivity index (χ4n) is 1.65. The van der Waals surface area contributed by atoms with E-state index in [1.54, 1.807) is 11.6 Å². The van der Waals surface area contributed by atoms with Crippen LogP contribution in [0, 0.1) is 5.82 Å². The summed E-state index contributed by atoms with van der Waals surface area (Å²) in [4.78, 5) is 16.1. The van der Waals surface area contributed by atoms with E-state index in [1.807, 2.05) is 10.8 Å². The van der Waals surface area contributed by atoms with Gasteiger partial charge in [-0.15, -0.1) is 0 Å². The molecule has 1 aromatic carbocycles. The van der Waals surface area contributed by atoms with E-state index < -0.39 is 0 Å². The number of ketones is 1. The summed E-state index contributed by atoms with van der Waals surface area (Å²) in [5.41, 5.74) is 0.468. The van der Waals surface area contributed by atoms with Crippen LogP contribution in [0.25, 0.3) is 0 Å². The molecule has 104 valence electrons. The fraction of sp³-hybridized carbons (Fsp3) is 0.200. The molecule has 2 rings (SSSR count). The van der Waals surface area contributed by atoms with Gasteiger partial charge >= 0.3 is 0 Å². The number of hydrogen-bond donors (Lipinski definition) is 0. The van der Waals surface area contributed by atoms with Crippen LogP contribution >= 0.6 is 11.8 Å². The van der Waals surface area contributed by atoms with Gasteiger partial charge in [0.15, 0.2) is 10.9 Å². The van der Waals surface area contributed by atoms with Gasteiger partial charge in [-0.1, -0.05) is 11.8 Å². The number of imidazole rings is 1. The van der Waals surface area contributed by atoms with Crippen molar-refractivity contribution in [1.82, 2.24) is 9.55 Å². The fourth-order valence-corrected chi connectivity index (χ4v) is 2.48. The van der Waals surface area contributed by atoms with Gasteiger partial charge in [0.1, 0.15) is 5.82 Å². The summed E-state index contributed by atoms with van der Waals surface area (Å²) >= 11 is 1.38. The lowest BCUT2D eigenvalue weighted by atomic mass is 10.1.